The van der Waals surface area contributed by atoms with E-state index in [0.29, 0.717) is 24.5 Å². The first-order valence-corrected chi connectivity index (χ1v) is 8.12. The average Bonchev–Trinajstić information content (AvgIpc) is 2.65. The molecule has 2 rings (SSSR count). The maximum absolute atomic E-state index is 12.9. The molecule has 25 heavy (non-hydrogen) atoms. The first-order valence-electron chi connectivity index (χ1n) is 8.12. The van der Waals surface area contributed by atoms with Crippen LogP contribution in [0, 0.1) is 0 Å². The average molecular weight is 342 g/mol. The van der Waals surface area contributed by atoms with Crippen LogP contribution in [0.3, 0.4) is 0 Å². The van der Waals surface area contributed by atoms with Crippen molar-refractivity contribution in [1.29, 1.82) is 0 Å². The van der Waals surface area contributed by atoms with Crippen LogP contribution in [-0.4, -0.2) is 42.0 Å². The standard InChI is InChI=1S/C19H22N2O4/c1-3-25-18(22)9-12-21(14-15-7-10-20-11-8-15)19(23)16-5-4-6-17(13-16)24-2/h4-8,10-11,13H,3,9,12,14H2,1-2H3. The van der Waals surface area contributed by atoms with Crippen LogP contribution in [0.2, 0.25) is 0 Å². The molecule has 0 aliphatic heterocycles. The van der Waals surface area contributed by atoms with E-state index in [9.17, 15) is 9.59 Å². The number of hydrogen-bond acceptors (Lipinski definition) is 5. The monoisotopic (exact) mass is 342 g/mol. The molecule has 6 nitrogen and oxygen atoms in total. The molecule has 132 valence electrons. The number of carbonyl (C=O) groups excluding carboxylic acids is 2. The second kappa shape index (κ2) is 9.42. The minimum Gasteiger partial charge on any atom is -0.497 e. The van der Waals surface area contributed by atoms with E-state index in [1.54, 1.807) is 55.6 Å². The van der Waals surface area contributed by atoms with Crippen molar-refractivity contribution in [3.8, 4) is 5.75 Å². The van der Waals surface area contributed by atoms with E-state index in [0.717, 1.165) is 5.56 Å². The van der Waals surface area contributed by atoms with Crippen LogP contribution in [0.1, 0.15) is 29.3 Å². The summed E-state index contributed by atoms with van der Waals surface area (Å²) in [6.07, 6.45) is 3.50. The highest BCUT2D eigenvalue weighted by molar-refractivity contribution is 5.94. The number of amides is 1. The van der Waals surface area contributed by atoms with Gasteiger partial charge in [0.1, 0.15) is 5.75 Å². The second-order valence-corrected chi connectivity index (χ2v) is 5.37. The number of benzene rings is 1. The normalized spacial score (nSPS) is 10.2. The molecule has 0 saturated carbocycles. The maximum Gasteiger partial charge on any atom is 0.307 e. The molecule has 0 fully saturated rings. The predicted octanol–water partition coefficient (Wildman–Crippen LogP) is 2.69. The Morgan fingerprint density at radius 2 is 1.92 bits per heavy atom. The van der Waals surface area contributed by atoms with Crippen LogP contribution in [0.4, 0.5) is 0 Å². The van der Waals surface area contributed by atoms with Crippen LogP contribution in [0.25, 0.3) is 0 Å². The molecule has 0 bridgehead atoms. The zero-order valence-electron chi connectivity index (χ0n) is 14.5. The third-order valence-corrected chi connectivity index (χ3v) is 3.62. The van der Waals surface area contributed by atoms with Crippen LogP contribution in [0.15, 0.2) is 48.8 Å². The second-order valence-electron chi connectivity index (χ2n) is 5.37. The van der Waals surface area contributed by atoms with Crippen molar-refractivity contribution in [2.45, 2.75) is 19.9 Å². The summed E-state index contributed by atoms with van der Waals surface area (Å²) in [5, 5.41) is 0. The van der Waals surface area contributed by atoms with Gasteiger partial charge in [0.25, 0.3) is 5.91 Å². The minimum atomic E-state index is -0.319. The number of methoxy groups -OCH3 is 1. The van der Waals surface area contributed by atoms with Gasteiger partial charge in [-0.25, -0.2) is 0 Å². The number of esters is 1. The van der Waals surface area contributed by atoms with Crippen molar-refractivity contribution >= 4 is 11.9 Å². The Bertz CT molecular complexity index is 704. The van der Waals surface area contributed by atoms with Crippen molar-refractivity contribution in [3.05, 3.63) is 59.9 Å². The summed E-state index contributed by atoms with van der Waals surface area (Å²) in [4.78, 5) is 30.2. The molecule has 1 aromatic heterocycles. The van der Waals surface area contributed by atoms with Gasteiger partial charge in [-0.15, -0.1) is 0 Å². The number of aromatic nitrogens is 1. The van der Waals surface area contributed by atoms with Crippen LogP contribution < -0.4 is 4.74 Å². The Morgan fingerprint density at radius 3 is 2.60 bits per heavy atom. The lowest BCUT2D eigenvalue weighted by atomic mass is 10.1. The Labute approximate surface area is 147 Å². The van der Waals surface area contributed by atoms with Crippen molar-refractivity contribution < 1.29 is 19.1 Å². The van der Waals surface area contributed by atoms with Gasteiger partial charge in [0, 0.05) is 31.0 Å². The fourth-order valence-corrected chi connectivity index (χ4v) is 2.36. The summed E-state index contributed by atoms with van der Waals surface area (Å²) < 4.78 is 10.1. The Balaban J connectivity index is 2.16. The smallest absolute Gasteiger partial charge is 0.307 e. The van der Waals surface area contributed by atoms with E-state index < -0.39 is 0 Å². The summed E-state index contributed by atoms with van der Waals surface area (Å²) in [6, 6.07) is 10.7. The van der Waals surface area contributed by atoms with Gasteiger partial charge in [-0.05, 0) is 42.8 Å². The maximum atomic E-state index is 12.9. The Hall–Kier alpha value is -2.89. The lowest BCUT2D eigenvalue weighted by Crippen LogP contribution is -2.33. The lowest BCUT2D eigenvalue weighted by molar-refractivity contribution is -0.143. The fourth-order valence-electron chi connectivity index (χ4n) is 2.36. The van der Waals surface area contributed by atoms with Crippen LogP contribution in [0.5, 0.6) is 5.75 Å². The van der Waals surface area contributed by atoms with Crippen LogP contribution >= 0.6 is 0 Å². The molecule has 2 aromatic rings. The first kappa shape index (κ1) is 18.4. The van der Waals surface area contributed by atoms with Gasteiger partial charge in [-0.2, -0.15) is 0 Å². The Morgan fingerprint density at radius 1 is 1.16 bits per heavy atom. The highest BCUT2D eigenvalue weighted by Gasteiger charge is 2.18. The summed E-state index contributed by atoms with van der Waals surface area (Å²) in [6.45, 7) is 2.75. The fraction of sp³-hybridized carbons (Fsp3) is 0.316. The molecule has 0 atom stereocenters. The SMILES string of the molecule is CCOC(=O)CCN(Cc1ccncc1)C(=O)c1cccc(OC)c1. The molecular weight excluding hydrogens is 320 g/mol. The van der Waals surface area contributed by atoms with E-state index in [2.05, 4.69) is 4.98 Å². The van der Waals surface area contributed by atoms with E-state index in [-0.39, 0.29) is 24.8 Å². The van der Waals surface area contributed by atoms with Crippen LogP contribution in [-0.2, 0) is 16.1 Å². The van der Waals surface area contributed by atoms with Gasteiger partial charge in [-0.3, -0.25) is 14.6 Å². The number of ether oxygens (including phenoxy) is 2. The highest BCUT2D eigenvalue weighted by Crippen LogP contribution is 2.16. The molecule has 0 aliphatic carbocycles. The van der Waals surface area contributed by atoms with Gasteiger partial charge in [0.05, 0.1) is 20.1 Å². The van der Waals surface area contributed by atoms with Gasteiger partial charge in [0.2, 0.25) is 0 Å². The zero-order valence-corrected chi connectivity index (χ0v) is 14.5. The zero-order chi connectivity index (χ0) is 18.1. The van der Waals surface area contributed by atoms with Gasteiger partial charge >= 0.3 is 5.97 Å². The molecule has 0 radical (unpaired) electrons. The summed E-state index contributed by atoms with van der Waals surface area (Å²) >= 11 is 0. The molecule has 0 unspecified atom stereocenters. The highest BCUT2D eigenvalue weighted by atomic mass is 16.5. The molecular formula is C19H22N2O4. The number of nitrogens with zero attached hydrogens (tertiary/aromatic N) is 2. The van der Waals surface area contributed by atoms with Gasteiger partial charge in [-0.1, -0.05) is 6.07 Å². The molecule has 0 N–H and O–H groups in total. The van der Waals surface area contributed by atoms with Crippen molar-refractivity contribution in [3.63, 3.8) is 0 Å². The Kier molecular flexibility index (Phi) is 6.95. The predicted molar refractivity (Wildman–Crippen MR) is 93.2 cm³/mol. The lowest BCUT2D eigenvalue weighted by Gasteiger charge is -2.23. The number of rotatable bonds is 8. The van der Waals surface area contributed by atoms with E-state index in [1.807, 2.05) is 12.1 Å². The largest absolute Gasteiger partial charge is 0.497 e. The van der Waals surface area contributed by atoms with Crippen molar-refractivity contribution in [2.75, 3.05) is 20.3 Å². The molecule has 1 amide bonds. The van der Waals surface area contributed by atoms with Gasteiger partial charge < -0.3 is 14.4 Å². The molecule has 6 heteroatoms. The topological polar surface area (TPSA) is 68.7 Å². The third-order valence-electron chi connectivity index (χ3n) is 3.62. The summed E-state index contributed by atoms with van der Waals surface area (Å²) in [5.41, 5.74) is 1.45. The molecule has 1 aromatic carbocycles. The van der Waals surface area contributed by atoms with Gasteiger partial charge in [0.15, 0.2) is 0 Å². The van der Waals surface area contributed by atoms with Crippen molar-refractivity contribution in [1.82, 2.24) is 9.88 Å². The third kappa shape index (κ3) is 5.60. The number of hydrogen-bond donors (Lipinski definition) is 0. The number of carbonyl (C=O) groups is 2. The van der Waals surface area contributed by atoms with E-state index in [4.69, 9.17) is 9.47 Å². The molecule has 1 heterocycles. The molecule has 0 spiro atoms. The molecule has 0 saturated heterocycles. The summed E-state index contributed by atoms with van der Waals surface area (Å²) in [5.74, 6) is 0.126. The minimum absolute atomic E-state index is 0.147. The summed E-state index contributed by atoms with van der Waals surface area (Å²) in [7, 11) is 1.55. The first-order chi connectivity index (χ1) is 12.1. The van der Waals surface area contributed by atoms with Crippen molar-refractivity contribution in [2.24, 2.45) is 0 Å². The quantitative estimate of drug-likeness (QED) is 0.690. The van der Waals surface area contributed by atoms with E-state index in [1.165, 1.54) is 0 Å². The molecule has 0 aliphatic rings. The number of pyridine rings is 1. The van der Waals surface area contributed by atoms with E-state index >= 15 is 0 Å².